The van der Waals surface area contributed by atoms with Crippen LogP contribution in [-0.2, 0) is 4.79 Å². The average Bonchev–Trinajstić information content (AvgIpc) is 3.14. The number of benzene rings is 3. The van der Waals surface area contributed by atoms with E-state index in [0.29, 0.717) is 6.42 Å². The molecule has 0 bridgehead atoms. The fourth-order valence-corrected chi connectivity index (χ4v) is 4.16. The Morgan fingerprint density at radius 1 is 0.897 bits per heavy atom. The number of anilines is 1. The van der Waals surface area contributed by atoms with Crippen LogP contribution in [0.15, 0.2) is 84.9 Å². The zero-order chi connectivity index (χ0) is 19.8. The van der Waals surface area contributed by atoms with Gasteiger partial charge in [-0.2, -0.15) is 5.10 Å². The molecular weight excluding hydrogens is 358 g/mol. The summed E-state index contributed by atoms with van der Waals surface area (Å²) in [6.45, 7) is 2.10. The van der Waals surface area contributed by atoms with Crippen LogP contribution in [0, 0.1) is 6.92 Å². The number of carbonyl (C=O) groups is 1. The number of amides is 1. The maximum atomic E-state index is 12.7. The largest absolute Gasteiger partial charge is 0.310 e. The highest BCUT2D eigenvalue weighted by Crippen LogP contribution is 2.44. The van der Waals surface area contributed by atoms with Crippen molar-refractivity contribution < 1.29 is 4.79 Å². The first-order valence-electron chi connectivity index (χ1n) is 9.81. The van der Waals surface area contributed by atoms with E-state index in [0.717, 1.165) is 28.3 Å². The highest BCUT2D eigenvalue weighted by molar-refractivity contribution is 5.96. The fraction of sp³-hybridized carbons (Fsp3) is 0.120. The lowest BCUT2D eigenvalue weighted by atomic mass is 9.82. The molecule has 29 heavy (non-hydrogen) atoms. The van der Waals surface area contributed by atoms with Crippen LogP contribution in [-0.4, -0.2) is 15.7 Å². The molecule has 1 amide bonds. The van der Waals surface area contributed by atoms with Crippen molar-refractivity contribution >= 4 is 11.7 Å². The Balaban J connectivity index is 1.80. The third-order valence-electron chi connectivity index (χ3n) is 5.53. The van der Waals surface area contributed by atoms with E-state index in [2.05, 4.69) is 36.5 Å². The number of hydrogen-bond acceptors (Lipinski definition) is 2. The van der Waals surface area contributed by atoms with Crippen LogP contribution in [0.2, 0.25) is 0 Å². The smallest absolute Gasteiger partial charge is 0.226 e. The Hall–Kier alpha value is -3.66. The summed E-state index contributed by atoms with van der Waals surface area (Å²) >= 11 is 0. The highest BCUT2D eigenvalue weighted by Gasteiger charge is 2.34. The lowest BCUT2D eigenvalue weighted by molar-refractivity contribution is -0.116. The van der Waals surface area contributed by atoms with Crippen molar-refractivity contribution in [3.05, 3.63) is 102 Å². The predicted octanol–water partition coefficient (Wildman–Crippen LogP) is 5.32. The number of carbonyl (C=O) groups excluding carboxylic acids is 1. The summed E-state index contributed by atoms with van der Waals surface area (Å²) in [7, 11) is 0. The van der Waals surface area contributed by atoms with Crippen LogP contribution in [0.4, 0.5) is 5.82 Å². The topological polar surface area (TPSA) is 46.9 Å². The van der Waals surface area contributed by atoms with Gasteiger partial charge in [0.15, 0.2) is 0 Å². The van der Waals surface area contributed by atoms with Gasteiger partial charge in [-0.1, -0.05) is 72.8 Å². The van der Waals surface area contributed by atoms with E-state index in [-0.39, 0.29) is 11.8 Å². The maximum Gasteiger partial charge on any atom is 0.226 e. The normalized spacial score (nSPS) is 15.6. The van der Waals surface area contributed by atoms with Crippen molar-refractivity contribution in [3.63, 3.8) is 0 Å². The van der Waals surface area contributed by atoms with Crippen LogP contribution < -0.4 is 5.32 Å². The van der Waals surface area contributed by atoms with Gasteiger partial charge in [-0.15, -0.1) is 0 Å². The molecule has 4 heteroatoms. The molecule has 3 aromatic carbocycles. The molecule has 0 saturated carbocycles. The standard InChI is InChI=1S/C25H21N3O/c1-17-10-8-9-15-20(17)21-16-22(29)26-25-23(21)24(18-11-4-2-5-12-18)27-28(25)19-13-6-3-7-14-19/h2-15,21H,16H2,1H3,(H,26,29)/t21-/m0/s1. The lowest BCUT2D eigenvalue weighted by Crippen LogP contribution is -2.25. The first-order valence-corrected chi connectivity index (χ1v) is 9.81. The summed E-state index contributed by atoms with van der Waals surface area (Å²) < 4.78 is 1.86. The Kier molecular flexibility index (Phi) is 4.24. The van der Waals surface area contributed by atoms with Gasteiger partial charge in [0.1, 0.15) is 5.82 Å². The summed E-state index contributed by atoms with van der Waals surface area (Å²) in [5.41, 5.74) is 6.33. The first-order chi connectivity index (χ1) is 14.2. The van der Waals surface area contributed by atoms with Crippen LogP contribution in [0.1, 0.15) is 29.0 Å². The molecule has 0 unspecified atom stereocenters. The molecule has 1 aliphatic rings. The zero-order valence-corrected chi connectivity index (χ0v) is 16.2. The van der Waals surface area contributed by atoms with Crippen molar-refractivity contribution in [1.29, 1.82) is 0 Å². The van der Waals surface area contributed by atoms with Crippen LogP contribution >= 0.6 is 0 Å². The third-order valence-corrected chi connectivity index (χ3v) is 5.53. The lowest BCUT2D eigenvalue weighted by Gasteiger charge is -2.26. The average molecular weight is 379 g/mol. The molecule has 0 saturated heterocycles. The van der Waals surface area contributed by atoms with Gasteiger partial charge in [0.05, 0.1) is 11.4 Å². The van der Waals surface area contributed by atoms with Gasteiger partial charge in [0.25, 0.3) is 0 Å². The van der Waals surface area contributed by atoms with E-state index in [1.165, 1.54) is 11.1 Å². The first kappa shape index (κ1) is 17.4. The van der Waals surface area contributed by atoms with Crippen molar-refractivity contribution in [2.75, 3.05) is 5.32 Å². The summed E-state index contributed by atoms with van der Waals surface area (Å²) in [5.74, 6) is 0.745. The van der Waals surface area contributed by atoms with Crippen molar-refractivity contribution in [2.24, 2.45) is 0 Å². The van der Waals surface area contributed by atoms with Gasteiger partial charge in [-0.05, 0) is 30.2 Å². The molecular formula is C25H21N3O. The van der Waals surface area contributed by atoms with Gasteiger partial charge in [-0.3, -0.25) is 4.79 Å². The maximum absolute atomic E-state index is 12.7. The number of para-hydroxylation sites is 1. The summed E-state index contributed by atoms with van der Waals surface area (Å²) in [5, 5.41) is 8.07. The third kappa shape index (κ3) is 3.03. The molecule has 1 aliphatic heterocycles. The summed E-state index contributed by atoms with van der Waals surface area (Å²) in [6.07, 6.45) is 0.415. The summed E-state index contributed by atoms with van der Waals surface area (Å²) in [4.78, 5) is 12.7. The molecule has 0 aliphatic carbocycles. The molecule has 142 valence electrons. The Morgan fingerprint density at radius 3 is 2.28 bits per heavy atom. The van der Waals surface area contributed by atoms with Gasteiger partial charge in [0, 0.05) is 23.5 Å². The van der Waals surface area contributed by atoms with Gasteiger partial charge in [-0.25, -0.2) is 4.68 Å². The van der Waals surface area contributed by atoms with E-state index in [4.69, 9.17) is 5.10 Å². The highest BCUT2D eigenvalue weighted by atomic mass is 16.1. The Bertz CT molecular complexity index is 1180. The van der Waals surface area contributed by atoms with Crippen molar-refractivity contribution in [1.82, 2.24) is 9.78 Å². The van der Waals surface area contributed by atoms with E-state index >= 15 is 0 Å². The number of nitrogens with one attached hydrogen (secondary N) is 1. The SMILES string of the molecule is Cc1ccccc1[C@@H]1CC(=O)Nc2c1c(-c1ccccc1)nn2-c1ccccc1. The van der Waals surface area contributed by atoms with Crippen molar-refractivity contribution in [3.8, 4) is 16.9 Å². The number of aryl methyl sites for hydroxylation is 1. The molecule has 4 aromatic rings. The summed E-state index contributed by atoms with van der Waals surface area (Å²) in [6, 6.07) is 28.4. The second kappa shape index (κ2) is 7.06. The molecule has 0 fully saturated rings. The minimum atomic E-state index is -0.0346. The quantitative estimate of drug-likeness (QED) is 0.523. The minimum absolute atomic E-state index is 0.0162. The molecule has 1 atom stereocenters. The van der Waals surface area contributed by atoms with Crippen LogP contribution in [0.5, 0.6) is 0 Å². The number of rotatable bonds is 3. The second-order valence-electron chi connectivity index (χ2n) is 7.39. The molecule has 5 rings (SSSR count). The zero-order valence-electron chi connectivity index (χ0n) is 16.2. The molecule has 1 aromatic heterocycles. The van der Waals surface area contributed by atoms with Crippen LogP contribution in [0.3, 0.4) is 0 Å². The van der Waals surface area contributed by atoms with E-state index in [1.807, 2.05) is 65.3 Å². The monoisotopic (exact) mass is 379 g/mol. The molecule has 0 radical (unpaired) electrons. The minimum Gasteiger partial charge on any atom is -0.310 e. The molecule has 4 nitrogen and oxygen atoms in total. The number of hydrogen-bond donors (Lipinski definition) is 1. The molecule has 2 heterocycles. The Labute approximate surface area is 169 Å². The van der Waals surface area contributed by atoms with E-state index < -0.39 is 0 Å². The fourth-order valence-electron chi connectivity index (χ4n) is 4.16. The van der Waals surface area contributed by atoms with Gasteiger partial charge >= 0.3 is 0 Å². The number of aromatic nitrogens is 2. The number of fused-ring (bicyclic) bond motifs is 1. The molecule has 1 N–H and O–H groups in total. The van der Waals surface area contributed by atoms with Crippen molar-refractivity contribution in [2.45, 2.75) is 19.3 Å². The number of nitrogens with zero attached hydrogens (tertiary/aromatic N) is 2. The van der Waals surface area contributed by atoms with Gasteiger partial charge < -0.3 is 5.32 Å². The second-order valence-corrected chi connectivity index (χ2v) is 7.39. The van der Waals surface area contributed by atoms with E-state index in [9.17, 15) is 4.79 Å². The van der Waals surface area contributed by atoms with Gasteiger partial charge in [0.2, 0.25) is 5.91 Å². The molecule has 0 spiro atoms. The van der Waals surface area contributed by atoms with Crippen LogP contribution in [0.25, 0.3) is 16.9 Å². The predicted molar refractivity (Wildman–Crippen MR) is 115 cm³/mol. The Morgan fingerprint density at radius 2 is 1.55 bits per heavy atom. The van der Waals surface area contributed by atoms with E-state index in [1.54, 1.807) is 0 Å².